The highest BCUT2D eigenvalue weighted by Crippen LogP contribution is 2.41. The van der Waals surface area contributed by atoms with Gasteiger partial charge in [0.1, 0.15) is 11.5 Å². The third kappa shape index (κ3) is 2.41. The molecule has 3 rings (SSSR count). The van der Waals surface area contributed by atoms with Crippen molar-refractivity contribution in [2.45, 2.75) is 18.6 Å². The third-order valence-corrected chi connectivity index (χ3v) is 2.75. The van der Waals surface area contributed by atoms with E-state index in [-0.39, 0.29) is 0 Å². The maximum Gasteiger partial charge on any atom is 0.251 e. The summed E-state index contributed by atoms with van der Waals surface area (Å²) in [5.41, 5.74) is 0. The summed E-state index contributed by atoms with van der Waals surface area (Å²) < 4.78 is 11.8. The predicted molar refractivity (Wildman–Crippen MR) is 66.1 cm³/mol. The summed E-state index contributed by atoms with van der Waals surface area (Å²) in [6, 6.07) is 19.6. The summed E-state index contributed by atoms with van der Waals surface area (Å²) in [6.45, 7) is 0. The Morgan fingerprint density at radius 1 is 0.647 bits per heavy atom. The largest absolute Gasteiger partial charge is 0.452 e. The molecule has 0 radical (unpaired) electrons. The first-order valence-corrected chi connectivity index (χ1v) is 5.84. The van der Waals surface area contributed by atoms with Crippen LogP contribution in [0.1, 0.15) is 12.8 Å². The lowest BCUT2D eigenvalue weighted by molar-refractivity contribution is -0.0212. The van der Waals surface area contributed by atoms with Gasteiger partial charge >= 0.3 is 0 Å². The van der Waals surface area contributed by atoms with E-state index in [0.717, 1.165) is 24.3 Å². The molecule has 0 aromatic heterocycles. The maximum absolute atomic E-state index is 5.89. The fourth-order valence-corrected chi connectivity index (χ4v) is 1.73. The highest BCUT2D eigenvalue weighted by atomic mass is 16.7. The zero-order chi connectivity index (χ0) is 11.6. The molecule has 1 fully saturated rings. The molecule has 0 aliphatic heterocycles. The number of ether oxygens (including phenoxy) is 2. The van der Waals surface area contributed by atoms with Gasteiger partial charge in [0.25, 0.3) is 5.79 Å². The van der Waals surface area contributed by atoms with E-state index in [1.807, 2.05) is 60.7 Å². The molecule has 0 unspecified atom stereocenters. The topological polar surface area (TPSA) is 18.5 Å². The minimum atomic E-state index is -0.442. The lowest BCUT2D eigenvalue weighted by Crippen LogP contribution is -2.25. The molecule has 2 aromatic carbocycles. The first-order chi connectivity index (χ1) is 8.36. The molecule has 1 saturated carbocycles. The summed E-state index contributed by atoms with van der Waals surface area (Å²) >= 11 is 0. The summed E-state index contributed by atoms with van der Waals surface area (Å²) in [4.78, 5) is 0. The van der Waals surface area contributed by atoms with Crippen LogP contribution in [-0.2, 0) is 0 Å². The van der Waals surface area contributed by atoms with Gasteiger partial charge in [0.2, 0.25) is 0 Å². The van der Waals surface area contributed by atoms with E-state index in [9.17, 15) is 0 Å². The Morgan fingerprint density at radius 3 is 1.41 bits per heavy atom. The average Bonchev–Trinajstić information content (AvgIpc) is 3.11. The Bertz CT molecular complexity index is 431. The molecule has 1 aliphatic carbocycles. The van der Waals surface area contributed by atoms with Gasteiger partial charge in [0, 0.05) is 12.8 Å². The van der Waals surface area contributed by atoms with Crippen molar-refractivity contribution in [1.82, 2.24) is 0 Å². The van der Waals surface area contributed by atoms with Crippen LogP contribution < -0.4 is 9.47 Å². The van der Waals surface area contributed by atoms with Crippen LogP contribution in [0.4, 0.5) is 0 Å². The van der Waals surface area contributed by atoms with E-state index in [4.69, 9.17) is 9.47 Å². The molecule has 1 aliphatic rings. The number of hydrogen-bond donors (Lipinski definition) is 0. The minimum Gasteiger partial charge on any atom is -0.452 e. The van der Waals surface area contributed by atoms with Gasteiger partial charge in [0.05, 0.1) is 0 Å². The van der Waals surface area contributed by atoms with Crippen molar-refractivity contribution in [3.8, 4) is 11.5 Å². The Morgan fingerprint density at radius 2 is 1.06 bits per heavy atom. The standard InChI is InChI=1S/C15H14O2/c1-3-7-13(8-4-1)16-15(11-12-15)17-14-9-5-2-6-10-14/h1-10H,11-12H2. The van der Waals surface area contributed by atoms with Gasteiger partial charge < -0.3 is 9.47 Å². The van der Waals surface area contributed by atoms with Crippen LogP contribution in [0, 0.1) is 0 Å². The molecule has 2 aromatic rings. The SMILES string of the molecule is c1ccc(OC2(Oc3ccccc3)CC2)cc1. The minimum absolute atomic E-state index is 0.442. The van der Waals surface area contributed by atoms with Crippen LogP contribution >= 0.6 is 0 Å². The van der Waals surface area contributed by atoms with E-state index in [0.29, 0.717) is 0 Å². The quantitative estimate of drug-likeness (QED) is 0.741. The zero-order valence-electron chi connectivity index (χ0n) is 9.50. The second-order valence-electron chi connectivity index (χ2n) is 4.24. The molecular weight excluding hydrogens is 212 g/mol. The number of hydrogen-bond acceptors (Lipinski definition) is 2. The van der Waals surface area contributed by atoms with Crippen LogP contribution in [-0.4, -0.2) is 5.79 Å². The van der Waals surface area contributed by atoms with Crippen molar-refractivity contribution in [3.63, 3.8) is 0 Å². The monoisotopic (exact) mass is 226 g/mol. The Kier molecular flexibility index (Phi) is 2.48. The van der Waals surface area contributed by atoms with Gasteiger partial charge in [0.15, 0.2) is 0 Å². The van der Waals surface area contributed by atoms with E-state index in [1.165, 1.54) is 0 Å². The molecule has 2 heteroatoms. The van der Waals surface area contributed by atoms with Gasteiger partial charge in [-0.3, -0.25) is 0 Å². The van der Waals surface area contributed by atoms with Gasteiger partial charge in [-0.1, -0.05) is 36.4 Å². The lowest BCUT2D eigenvalue weighted by atomic mass is 10.3. The van der Waals surface area contributed by atoms with E-state index >= 15 is 0 Å². The van der Waals surface area contributed by atoms with Crippen LogP contribution in [0.15, 0.2) is 60.7 Å². The number of rotatable bonds is 4. The lowest BCUT2D eigenvalue weighted by Gasteiger charge is -2.19. The second kappa shape index (κ2) is 4.13. The van der Waals surface area contributed by atoms with Gasteiger partial charge in [-0.25, -0.2) is 0 Å². The highest BCUT2D eigenvalue weighted by molar-refractivity contribution is 5.25. The molecular formula is C15H14O2. The molecule has 0 spiro atoms. The Balaban J connectivity index is 1.71. The smallest absolute Gasteiger partial charge is 0.251 e. The van der Waals surface area contributed by atoms with E-state index in [1.54, 1.807) is 0 Å². The fraction of sp³-hybridized carbons (Fsp3) is 0.200. The molecule has 0 saturated heterocycles. The van der Waals surface area contributed by atoms with Crippen molar-refractivity contribution in [2.24, 2.45) is 0 Å². The fourth-order valence-electron chi connectivity index (χ4n) is 1.73. The Hall–Kier alpha value is -1.96. The average molecular weight is 226 g/mol. The number of para-hydroxylation sites is 2. The van der Waals surface area contributed by atoms with Crippen LogP contribution in [0.5, 0.6) is 11.5 Å². The molecule has 0 N–H and O–H groups in total. The first-order valence-electron chi connectivity index (χ1n) is 5.84. The Labute approximate surface area is 101 Å². The van der Waals surface area contributed by atoms with E-state index < -0.39 is 5.79 Å². The van der Waals surface area contributed by atoms with Crippen molar-refractivity contribution < 1.29 is 9.47 Å². The van der Waals surface area contributed by atoms with Crippen LogP contribution in [0.2, 0.25) is 0 Å². The summed E-state index contributed by atoms with van der Waals surface area (Å²) in [5, 5.41) is 0. The van der Waals surface area contributed by atoms with Crippen LogP contribution in [0.25, 0.3) is 0 Å². The normalized spacial score (nSPS) is 16.2. The molecule has 0 amide bonds. The molecule has 2 nitrogen and oxygen atoms in total. The summed E-state index contributed by atoms with van der Waals surface area (Å²) in [5.74, 6) is 1.28. The predicted octanol–water partition coefficient (Wildman–Crippen LogP) is 3.63. The van der Waals surface area contributed by atoms with Crippen molar-refractivity contribution in [3.05, 3.63) is 60.7 Å². The molecule has 0 bridgehead atoms. The zero-order valence-corrected chi connectivity index (χ0v) is 9.50. The molecule has 17 heavy (non-hydrogen) atoms. The highest BCUT2D eigenvalue weighted by Gasteiger charge is 2.48. The second-order valence-corrected chi connectivity index (χ2v) is 4.24. The van der Waals surface area contributed by atoms with Gasteiger partial charge in [-0.15, -0.1) is 0 Å². The number of benzene rings is 2. The first kappa shape index (κ1) is 10.2. The van der Waals surface area contributed by atoms with Gasteiger partial charge in [-0.05, 0) is 24.3 Å². The van der Waals surface area contributed by atoms with Crippen LogP contribution in [0.3, 0.4) is 0 Å². The summed E-state index contributed by atoms with van der Waals surface area (Å²) in [7, 11) is 0. The van der Waals surface area contributed by atoms with Crippen molar-refractivity contribution in [2.75, 3.05) is 0 Å². The van der Waals surface area contributed by atoms with Gasteiger partial charge in [-0.2, -0.15) is 0 Å². The molecule has 86 valence electrons. The van der Waals surface area contributed by atoms with Crippen molar-refractivity contribution in [1.29, 1.82) is 0 Å². The third-order valence-electron chi connectivity index (χ3n) is 2.75. The van der Waals surface area contributed by atoms with Crippen molar-refractivity contribution >= 4 is 0 Å². The maximum atomic E-state index is 5.89. The summed E-state index contributed by atoms with van der Waals surface area (Å²) in [6.07, 6.45) is 1.88. The molecule has 0 atom stereocenters. The van der Waals surface area contributed by atoms with E-state index in [2.05, 4.69) is 0 Å². The molecule has 0 heterocycles.